The van der Waals surface area contributed by atoms with Crippen LogP contribution in [0.4, 0.5) is 0 Å². The first-order chi connectivity index (χ1) is 6.47. The molecule has 0 aliphatic heterocycles. The number of aliphatic carboxylic acids is 1. The highest BCUT2D eigenvalue weighted by atomic mass is 16.4. The van der Waals surface area contributed by atoms with Gasteiger partial charge >= 0.3 is 5.97 Å². The van der Waals surface area contributed by atoms with Gasteiger partial charge in [-0.3, -0.25) is 9.59 Å². The molecule has 0 rings (SSSR count). The number of aliphatic hydroxyl groups excluding tert-OH is 1. The van der Waals surface area contributed by atoms with Gasteiger partial charge < -0.3 is 15.5 Å². The summed E-state index contributed by atoms with van der Waals surface area (Å²) in [6.07, 6.45) is -0.409. The van der Waals surface area contributed by atoms with Crippen molar-refractivity contribution in [1.82, 2.24) is 5.32 Å². The quantitative estimate of drug-likeness (QED) is 0.476. The smallest absolute Gasteiger partial charge is 0.326 e. The van der Waals surface area contributed by atoms with Crippen LogP contribution in [-0.4, -0.2) is 40.5 Å². The van der Waals surface area contributed by atoms with Gasteiger partial charge in [0.25, 0.3) is 0 Å². The van der Waals surface area contributed by atoms with E-state index in [9.17, 15) is 14.4 Å². The van der Waals surface area contributed by atoms with E-state index >= 15 is 0 Å². The van der Waals surface area contributed by atoms with Crippen molar-refractivity contribution in [2.75, 3.05) is 6.61 Å². The lowest BCUT2D eigenvalue weighted by Crippen LogP contribution is -2.41. The van der Waals surface area contributed by atoms with Crippen LogP contribution in [0.25, 0.3) is 0 Å². The molecule has 0 aromatic heterocycles. The largest absolute Gasteiger partial charge is 0.480 e. The van der Waals surface area contributed by atoms with E-state index in [1.807, 2.05) is 0 Å². The summed E-state index contributed by atoms with van der Waals surface area (Å²) in [6, 6.07) is -1.13. The van der Waals surface area contributed by atoms with Crippen molar-refractivity contribution in [3.05, 3.63) is 0 Å². The number of rotatable bonds is 6. The van der Waals surface area contributed by atoms with Gasteiger partial charge in [-0.2, -0.15) is 0 Å². The van der Waals surface area contributed by atoms with Gasteiger partial charge in [0.05, 0.1) is 6.42 Å². The average molecular weight is 203 g/mol. The van der Waals surface area contributed by atoms with Gasteiger partial charge in [0, 0.05) is 13.0 Å². The number of carboxylic acid groups (broad SMARTS) is 1. The molecule has 0 aliphatic rings. The molecule has 80 valence electrons. The minimum Gasteiger partial charge on any atom is -0.480 e. The summed E-state index contributed by atoms with van der Waals surface area (Å²) < 4.78 is 0. The Morgan fingerprint density at radius 2 is 1.93 bits per heavy atom. The minimum absolute atomic E-state index is 0.0705. The fourth-order valence-electron chi connectivity index (χ4n) is 0.858. The molecule has 3 N–H and O–H groups in total. The summed E-state index contributed by atoms with van der Waals surface area (Å²) in [6.45, 7) is 0.902. The second-order valence-corrected chi connectivity index (χ2v) is 2.85. The molecule has 0 bridgehead atoms. The van der Waals surface area contributed by atoms with Crippen molar-refractivity contribution in [1.29, 1.82) is 0 Å². The van der Waals surface area contributed by atoms with Crippen molar-refractivity contribution in [3.63, 3.8) is 0 Å². The lowest BCUT2D eigenvalue weighted by Gasteiger charge is -2.12. The van der Waals surface area contributed by atoms with E-state index in [2.05, 4.69) is 5.32 Å². The first kappa shape index (κ1) is 12.6. The third kappa shape index (κ3) is 5.26. The highest BCUT2D eigenvalue weighted by Gasteiger charge is 2.19. The van der Waals surface area contributed by atoms with Gasteiger partial charge in [-0.05, 0) is 6.92 Å². The number of amides is 1. The summed E-state index contributed by atoms with van der Waals surface area (Å²) in [5.41, 5.74) is 0. The molecular weight excluding hydrogens is 190 g/mol. The Morgan fingerprint density at radius 3 is 2.29 bits per heavy atom. The second-order valence-electron chi connectivity index (χ2n) is 2.85. The Kier molecular flexibility index (Phi) is 5.47. The standard InChI is InChI=1S/C8H13NO5/c1-5(11)4-7(12)9-6(2-3-10)8(13)14/h6,10H,2-4H2,1H3,(H,9,12)(H,13,14). The molecule has 0 saturated heterocycles. The maximum atomic E-state index is 11.0. The number of carboxylic acids is 1. The number of carbonyl (C=O) groups excluding carboxylic acids is 2. The van der Waals surface area contributed by atoms with E-state index in [-0.39, 0.29) is 25.2 Å². The predicted molar refractivity (Wildman–Crippen MR) is 46.6 cm³/mol. The molecule has 1 amide bonds. The zero-order valence-electron chi connectivity index (χ0n) is 7.82. The van der Waals surface area contributed by atoms with Crippen LogP contribution in [0.2, 0.25) is 0 Å². The van der Waals surface area contributed by atoms with Gasteiger partial charge in [-0.1, -0.05) is 0 Å². The molecule has 0 radical (unpaired) electrons. The lowest BCUT2D eigenvalue weighted by molar-refractivity contribution is -0.142. The van der Waals surface area contributed by atoms with Crippen LogP contribution in [0.1, 0.15) is 19.8 Å². The zero-order valence-corrected chi connectivity index (χ0v) is 7.82. The number of ketones is 1. The van der Waals surface area contributed by atoms with Gasteiger partial charge in [-0.15, -0.1) is 0 Å². The summed E-state index contributed by atoms with van der Waals surface area (Å²) >= 11 is 0. The molecule has 1 atom stereocenters. The van der Waals surface area contributed by atoms with Crippen molar-refractivity contribution >= 4 is 17.7 Å². The molecule has 6 heteroatoms. The van der Waals surface area contributed by atoms with Crippen LogP contribution in [0.15, 0.2) is 0 Å². The Bertz CT molecular complexity index is 238. The third-order valence-electron chi connectivity index (χ3n) is 1.46. The molecule has 0 aromatic rings. The first-order valence-corrected chi connectivity index (χ1v) is 4.09. The van der Waals surface area contributed by atoms with Crippen molar-refractivity contribution in [3.8, 4) is 0 Å². The van der Waals surface area contributed by atoms with Crippen LogP contribution >= 0.6 is 0 Å². The van der Waals surface area contributed by atoms with Crippen LogP contribution in [-0.2, 0) is 14.4 Å². The molecule has 0 fully saturated rings. The predicted octanol–water partition coefficient (Wildman–Crippen LogP) is -1.08. The Hall–Kier alpha value is -1.43. The van der Waals surface area contributed by atoms with Crippen molar-refractivity contribution < 1.29 is 24.6 Å². The summed E-state index contributed by atoms with van der Waals surface area (Å²) in [5.74, 6) is -2.20. The highest BCUT2D eigenvalue weighted by Crippen LogP contribution is 1.93. The Balaban J connectivity index is 4.09. The number of nitrogens with one attached hydrogen (secondary N) is 1. The highest BCUT2D eigenvalue weighted by molar-refractivity contribution is 5.98. The van der Waals surface area contributed by atoms with E-state index < -0.39 is 17.9 Å². The van der Waals surface area contributed by atoms with Crippen molar-refractivity contribution in [2.45, 2.75) is 25.8 Å². The maximum absolute atomic E-state index is 11.0. The molecule has 14 heavy (non-hydrogen) atoms. The molecule has 1 unspecified atom stereocenters. The van der Waals surface area contributed by atoms with Gasteiger partial charge in [0.1, 0.15) is 11.8 Å². The molecular formula is C8H13NO5. The van der Waals surface area contributed by atoms with Gasteiger partial charge in [0.15, 0.2) is 0 Å². The molecule has 0 heterocycles. The van der Waals surface area contributed by atoms with Crippen molar-refractivity contribution in [2.24, 2.45) is 0 Å². The normalized spacial score (nSPS) is 11.9. The molecule has 0 saturated carbocycles. The monoisotopic (exact) mass is 203 g/mol. The molecule has 0 aliphatic carbocycles. The Labute approximate surface area is 80.9 Å². The van der Waals surface area contributed by atoms with Crippen LogP contribution in [0, 0.1) is 0 Å². The number of aliphatic hydroxyl groups is 1. The Morgan fingerprint density at radius 1 is 1.36 bits per heavy atom. The van der Waals surface area contributed by atoms with E-state index in [0.717, 1.165) is 0 Å². The van der Waals surface area contributed by atoms with Gasteiger partial charge in [0.2, 0.25) is 5.91 Å². The molecule has 0 aromatic carbocycles. The zero-order chi connectivity index (χ0) is 11.1. The number of hydrogen-bond acceptors (Lipinski definition) is 4. The SMILES string of the molecule is CC(=O)CC(=O)NC(CCO)C(=O)O. The van der Waals surface area contributed by atoms with Crippen LogP contribution in [0.3, 0.4) is 0 Å². The van der Waals surface area contributed by atoms with Crippen LogP contribution < -0.4 is 5.32 Å². The third-order valence-corrected chi connectivity index (χ3v) is 1.46. The number of Topliss-reactive ketones (excluding diaryl/α,β-unsaturated/α-hetero) is 1. The molecule has 0 spiro atoms. The minimum atomic E-state index is -1.23. The fourth-order valence-corrected chi connectivity index (χ4v) is 0.858. The van der Waals surface area contributed by atoms with E-state index in [1.54, 1.807) is 0 Å². The van der Waals surface area contributed by atoms with Crippen LogP contribution in [0.5, 0.6) is 0 Å². The number of hydrogen-bond donors (Lipinski definition) is 3. The summed E-state index contributed by atoms with van der Waals surface area (Å²) in [4.78, 5) is 32.0. The van der Waals surface area contributed by atoms with E-state index in [1.165, 1.54) is 6.92 Å². The fraction of sp³-hybridized carbons (Fsp3) is 0.625. The lowest BCUT2D eigenvalue weighted by atomic mass is 10.2. The maximum Gasteiger partial charge on any atom is 0.326 e. The summed E-state index contributed by atoms with van der Waals surface area (Å²) in [7, 11) is 0. The molecule has 6 nitrogen and oxygen atoms in total. The first-order valence-electron chi connectivity index (χ1n) is 4.09. The van der Waals surface area contributed by atoms with E-state index in [4.69, 9.17) is 10.2 Å². The summed E-state index contributed by atoms with van der Waals surface area (Å²) in [5, 5.41) is 19.2. The average Bonchev–Trinajstić information content (AvgIpc) is 2.01. The van der Waals surface area contributed by atoms with Gasteiger partial charge in [-0.25, -0.2) is 4.79 Å². The number of carbonyl (C=O) groups is 3. The topological polar surface area (TPSA) is 104 Å². The van der Waals surface area contributed by atoms with E-state index in [0.29, 0.717) is 0 Å². The second kappa shape index (κ2) is 6.09.